The summed E-state index contributed by atoms with van der Waals surface area (Å²) < 4.78 is 39.0. The smallest absolute Gasteiger partial charge is 0.394 e. The summed E-state index contributed by atoms with van der Waals surface area (Å²) >= 11 is 6.08. The molecule has 2 aliphatic heterocycles. The minimum Gasteiger partial charge on any atom is -0.445 e. The van der Waals surface area contributed by atoms with E-state index >= 15 is 0 Å². The SMILES string of the molecule is C[C@H]1CCCCC/C=C\[C@@H]2C[C@@]2(C(=O)NS(=O)(=O)C2(C)CC2)CC(=O)[C@@H]2C[C@@H](Oc3nc4cc(Cl)ccc4o3)CN2C1=O. The van der Waals surface area contributed by atoms with Crippen molar-refractivity contribution in [1.29, 1.82) is 0 Å². The van der Waals surface area contributed by atoms with Gasteiger partial charge in [-0.25, -0.2) is 8.42 Å². The first-order valence-electron chi connectivity index (χ1n) is 15.2. The lowest BCUT2D eigenvalue weighted by Crippen LogP contribution is -2.46. The number of halogens is 1. The van der Waals surface area contributed by atoms with Crippen LogP contribution in [0.3, 0.4) is 0 Å². The highest BCUT2D eigenvalue weighted by Crippen LogP contribution is 2.57. The van der Waals surface area contributed by atoms with Gasteiger partial charge in [0.15, 0.2) is 11.4 Å². The predicted molar refractivity (Wildman–Crippen MR) is 160 cm³/mol. The molecule has 1 N–H and O–H groups in total. The van der Waals surface area contributed by atoms with Crippen LogP contribution in [0.15, 0.2) is 34.8 Å². The van der Waals surface area contributed by atoms with Crippen molar-refractivity contribution in [2.45, 2.75) is 94.9 Å². The number of ketones is 1. The van der Waals surface area contributed by atoms with Crippen molar-refractivity contribution >= 4 is 50.3 Å². The Hall–Kier alpha value is -2.92. The highest BCUT2D eigenvalue weighted by molar-refractivity contribution is 7.91. The molecule has 2 aromatic rings. The number of hydrogen-bond acceptors (Lipinski definition) is 8. The number of ether oxygens (including phenoxy) is 1. The molecule has 0 bridgehead atoms. The van der Waals surface area contributed by atoms with Crippen LogP contribution in [0.5, 0.6) is 6.08 Å². The first-order valence-corrected chi connectivity index (χ1v) is 17.1. The van der Waals surface area contributed by atoms with Crippen LogP contribution in [-0.2, 0) is 24.4 Å². The van der Waals surface area contributed by atoms with Crippen LogP contribution in [0, 0.1) is 17.3 Å². The molecular weight excluding hydrogens is 594 g/mol. The van der Waals surface area contributed by atoms with Crippen LogP contribution in [0.2, 0.25) is 5.02 Å². The zero-order chi connectivity index (χ0) is 30.6. The number of fused-ring (bicyclic) bond motifs is 3. The Bertz CT molecular complexity index is 1580. The van der Waals surface area contributed by atoms with Gasteiger partial charge in [-0.1, -0.05) is 43.5 Å². The van der Waals surface area contributed by atoms with Crippen LogP contribution in [0.4, 0.5) is 0 Å². The van der Waals surface area contributed by atoms with Gasteiger partial charge < -0.3 is 14.1 Å². The van der Waals surface area contributed by atoms with E-state index in [0.29, 0.717) is 41.8 Å². The highest BCUT2D eigenvalue weighted by atomic mass is 35.5. The Morgan fingerprint density at radius 1 is 1.21 bits per heavy atom. The zero-order valence-corrected chi connectivity index (χ0v) is 26.1. The Labute approximate surface area is 256 Å². The minimum atomic E-state index is -3.87. The van der Waals surface area contributed by atoms with Gasteiger partial charge in [-0.2, -0.15) is 4.98 Å². The van der Waals surface area contributed by atoms with Gasteiger partial charge in [0.05, 0.1) is 22.7 Å². The van der Waals surface area contributed by atoms with E-state index in [9.17, 15) is 22.8 Å². The molecule has 232 valence electrons. The number of benzene rings is 1. The van der Waals surface area contributed by atoms with E-state index in [2.05, 4.69) is 9.71 Å². The Balaban J connectivity index is 1.25. The third kappa shape index (κ3) is 5.94. The standard InChI is InChI=1S/C31H38ClN3O7S/c1-19-8-6-4-3-5-7-9-20-16-31(20,28(38)34-43(39,40)30(2)12-13-30)17-25(36)24-15-22(18-35(24)27(19)37)41-29-33-23-14-21(32)10-11-26(23)42-29/h7,9-11,14,19-20,22,24H,3-6,8,12-13,15-18H2,1-2H3,(H,34,38)/b9-7-/t19-,20+,22+,24-,31+/m0/s1. The summed E-state index contributed by atoms with van der Waals surface area (Å²) in [7, 11) is -3.87. The fraction of sp³-hybridized carbons (Fsp3) is 0.613. The molecule has 12 heteroatoms. The molecule has 0 radical (unpaired) electrons. The fourth-order valence-corrected chi connectivity index (χ4v) is 7.91. The number of aromatic nitrogens is 1. The molecular formula is C31H38ClN3O7S. The Morgan fingerprint density at radius 2 is 2.00 bits per heavy atom. The lowest BCUT2D eigenvalue weighted by molar-refractivity contribution is -0.141. The minimum absolute atomic E-state index is 0.0278. The van der Waals surface area contributed by atoms with Crippen molar-refractivity contribution in [1.82, 2.24) is 14.6 Å². The van der Waals surface area contributed by atoms with Crippen LogP contribution >= 0.6 is 11.6 Å². The lowest BCUT2D eigenvalue weighted by atomic mass is 9.91. The number of allylic oxidation sites excluding steroid dienone is 2. The van der Waals surface area contributed by atoms with Crippen LogP contribution < -0.4 is 9.46 Å². The van der Waals surface area contributed by atoms with Crippen LogP contribution in [0.25, 0.3) is 11.1 Å². The number of nitrogens with one attached hydrogen (secondary N) is 1. The normalized spacial score (nSPS) is 31.8. The van der Waals surface area contributed by atoms with E-state index in [-0.39, 0.29) is 49.0 Å². The molecule has 1 aromatic heterocycles. The van der Waals surface area contributed by atoms with Gasteiger partial charge >= 0.3 is 6.08 Å². The molecule has 5 atom stereocenters. The van der Waals surface area contributed by atoms with Crippen molar-refractivity contribution in [3.63, 3.8) is 0 Å². The number of Topliss-reactive ketones (excluding diaryl/α,β-unsaturated/α-hetero) is 1. The molecule has 0 spiro atoms. The molecule has 6 rings (SSSR count). The Morgan fingerprint density at radius 3 is 2.77 bits per heavy atom. The summed E-state index contributed by atoms with van der Waals surface area (Å²) in [4.78, 5) is 47.3. The number of rotatable bonds is 5. The second-order valence-electron chi connectivity index (χ2n) is 13.0. The first kappa shape index (κ1) is 30.1. The maximum Gasteiger partial charge on any atom is 0.394 e. The van der Waals surface area contributed by atoms with Gasteiger partial charge in [0.2, 0.25) is 21.8 Å². The number of sulfonamides is 1. The number of carbonyl (C=O) groups is 3. The van der Waals surface area contributed by atoms with E-state index in [4.69, 9.17) is 20.8 Å². The van der Waals surface area contributed by atoms with E-state index < -0.39 is 38.2 Å². The number of carbonyl (C=O) groups excluding carboxylic acids is 3. The largest absolute Gasteiger partial charge is 0.445 e. The van der Waals surface area contributed by atoms with Gasteiger partial charge in [-0.3, -0.25) is 19.1 Å². The van der Waals surface area contributed by atoms with Crippen molar-refractivity contribution < 1.29 is 32.0 Å². The zero-order valence-electron chi connectivity index (χ0n) is 24.5. The first-order chi connectivity index (χ1) is 20.4. The van der Waals surface area contributed by atoms with Gasteiger partial charge in [-0.05, 0) is 69.6 Å². The molecule has 3 heterocycles. The molecule has 2 saturated carbocycles. The molecule has 0 unspecified atom stereocenters. The highest BCUT2D eigenvalue weighted by Gasteiger charge is 2.62. The van der Waals surface area contributed by atoms with Gasteiger partial charge in [0, 0.05) is 23.8 Å². The fourth-order valence-electron chi connectivity index (χ4n) is 6.41. The van der Waals surface area contributed by atoms with Crippen molar-refractivity contribution in [2.75, 3.05) is 6.54 Å². The third-order valence-electron chi connectivity index (χ3n) is 9.72. The summed E-state index contributed by atoms with van der Waals surface area (Å²) in [6.07, 6.45) is 9.26. The topological polar surface area (TPSA) is 136 Å². The maximum absolute atomic E-state index is 14.0. The molecule has 43 heavy (non-hydrogen) atoms. The van der Waals surface area contributed by atoms with Gasteiger partial charge in [-0.15, -0.1) is 0 Å². The van der Waals surface area contributed by atoms with Crippen LogP contribution in [0.1, 0.15) is 78.1 Å². The molecule has 1 saturated heterocycles. The molecule has 3 fully saturated rings. The van der Waals surface area contributed by atoms with Crippen molar-refractivity contribution in [3.05, 3.63) is 35.4 Å². The number of hydrogen-bond donors (Lipinski definition) is 1. The number of nitrogens with zero attached hydrogens (tertiary/aromatic N) is 2. The summed E-state index contributed by atoms with van der Waals surface area (Å²) in [6.45, 7) is 3.69. The summed E-state index contributed by atoms with van der Waals surface area (Å²) in [5.74, 6) is -1.55. The third-order valence-corrected chi connectivity index (χ3v) is 12.1. The van der Waals surface area contributed by atoms with E-state index in [1.165, 1.54) is 0 Å². The van der Waals surface area contributed by atoms with Crippen molar-refractivity contribution in [2.24, 2.45) is 17.3 Å². The maximum atomic E-state index is 14.0. The second-order valence-corrected chi connectivity index (χ2v) is 15.7. The van der Waals surface area contributed by atoms with E-state index in [1.807, 2.05) is 19.1 Å². The number of oxazole rings is 1. The second kappa shape index (κ2) is 11.2. The predicted octanol–water partition coefficient (Wildman–Crippen LogP) is 4.95. The molecule has 2 amide bonds. The summed E-state index contributed by atoms with van der Waals surface area (Å²) in [5.41, 5.74) is -0.124. The van der Waals surface area contributed by atoms with E-state index in [0.717, 1.165) is 25.7 Å². The molecule has 2 aliphatic carbocycles. The summed E-state index contributed by atoms with van der Waals surface area (Å²) in [6, 6.07) is 4.23. The molecule has 10 nitrogen and oxygen atoms in total. The monoisotopic (exact) mass is 631 g/mol. The average molecular weight is 632 g/mol. The Kier molecular flexibility index (Phi) is 7.86. The van der Waals surface area contributed by atoms with Gasteiger partial charge in [0.25, 0.3) is 0 Å². The lowest BCUT2D eigenvalue weighted by Gasteiger charge is -2.27. The number of amides is 2. The van der Waals surface area contributed by atoms with Crippen LogP contribution in [-0.4, -0.2) is 59.3 Å². The molecule has 4 aliphatic rings. The van der Waals surface area contributed by atoms with Gasteiger partial charge in [0.1, 0.15) is 11.6 Å². The van der Waals surface area contributed by atoms with E-state index in [1.54, 1.807) is 30.0 Å². The average Bonchev–Trinajstić information content (AvgIpc) is 3.76. The van der Waals surface area contributed by atoms with Crippen molar-refractivity contribution in [3.8, 4) is 6.08 Å². The summed E-state index contributed by atoms with van der Waals surface area (Å²) in [5, 5.41) is 0.509. The quantitative estimate of drug-likeness (QED) is 0.458. The molecule has 1 aromatic carbocycles.